The summed E-state index contributed by atoms with van der Waals surface area (Å²) in [5, 5.41) is 13.5. The molecule has 7 nitrogen and oxygen atoms in total. The molecule has 1 aromatic rings. The molecule has 1 saturated carbocycles. The standard InChI is InChI=1S/C23H30N4O3S/c1-5-6-7-8-16(3)20-13-19(21(31-20)23(29)30)27(17(4)14-25-26-24)22(28)18-11-9-15(2)10-12-18/h5-8,13,15,17-18H,1,9-12,14H2,2-4H3,(H,29,30). The monoisotopic (exact) mass is 442 g/mol. The number of amides is 1. The van der Waals surface area contributed by atoms with Crippen LogP contribution in [0.1, 0.15) is 61.0 Å². The maximum absolute atomic E-state index is 13.5. The molecule has 1 heterocycles. The van der Waals surface area contributed by atoms with Crippen molar-refractivity contribution in [2.24, 2.45) is 17.0 Å². The minimum absolute atomic E-state index is 0.0759. The minimum atomic E-state index is -1.08. The first-order chi connectivity index (χ1) is 14.8. The van der Waals surface area contributed by atoms with Crippen molar-refractivity contribution in [3.05, 3.63) is 57.1 Å². The molecule has 0 aromatic carbocycles. The maximum atomic E-state index is 13.5. The van der Waals surface area contributed by atoms with Gasteiger partial charge in [0.15, 0.2) is 0 Å². The van der Waals surface area contributed by atoms with E-state index in [2.05, 4.69) is 23.5 Å². The van der Waals surface area contributed by atoms with Crippen molar-refractivity contribution in [3.63, 3.8) is 0 Å². The lowest BCUT2D eigenvalue weighted by Gasteiger charge is -2.34. The van der Waals surface area contributed by atoms with E-state index in [4.69, 9.17) is 5.53 Å². The summed E-state index contributed by atoms with van der Waals surface area (Å²) in [5.41, 5.74) is 10.0. The zero-order valence-corrected chi connectivity index (χ0v) is 19.1. The van der Waals surface area contributed by atoms with E-state index in [-0.39, 0.29) is 23.2 Å². The van der Waals surface area contributed by atoms with Crippen LogP contribution in [0.3, 0.4) is 0 Å². The molecule has 2 rings (SSSR count). The highest BCUT2D eigenvalue weighted by Gasteiger charge is 2.34. The van der Waals surface area contributed by atoms with Gasteiger partial charge in [0.25, 0.3) is 0 Å². The highest BCUT2D eigenvalue weighted by Crippen LogP contribution is 2.38. The molecule has 1 aliphatic rings. The van der Waals surface area contributed by atoms with Crippen LogP contribution in [-0.2, 0) is 4.79 Å². The predicted molar refractivity (Wildman–Crippen MR) is 126 cm³/mol. The third-order valence-corrected chi connectivity index (χ3v) is 6.85. The van der Waals surface area contributed by atoms with Gasteiger partial charge in [-0.2, -0.15) is 0 Å². The van der Waals surface area contributed by atoms with Crippen molar-refractivity contribution < 1.29 is 14.7 Å². The number of hydrogen-bond donors (Lipinski definition) is 1. The average Bonchev–Trinajstić information content (AvgIpc) is 3.18. The number of hydrogen-bond acceptors (Lipinski definition) is 4. The van der Waals surface area contributed by atoms with Crippen LogP contribution in [0, 0.1) is 11.8 Å². The van der Waals surface area contributed by atoms with Crippen LogP contribution in [0.15, 0.2) is 42.1 Å². The van der Waals surface area contributed by atoms with Crippen molar-refractivity contribution in [2.75, 3.05) is 11.4 Å². The zero-order chi connectivity index (χ0) is 23.0. The number of carbonyl (C=O) groups is 2. The fraction of sp³-hybridized carbons (Fsp3) is 0.478. The van der Waals surface area contributed by atoms with Gasteiger partial charge in [-0.25, -0.2) is 4.79 Å². The van der Waals surface area contributed by atoms with Gasteiger partial charge >= 0.3 is 5.97 Å². The Morgan fingerprint density at radius 3 is 2.65 bits per heavy atom. The molecule has 0 aliphatic heterocycles. The highest BCUT2D eigenvalue weighted by molar-refractivity contribution is 7.15. The van der Waals surface area contributed by atoms with Gasteiger partial charge in [-0.3, -0.25) is 4.79 Å². The summed E-state index contributed by atoms with van der Waals surface area (Å²) < 4.78 is 0. The van der Waals surface area contributed by atoms with Crippen LogP contribution in [0.2, 0.25) is 0 Å². The molecule has 1 aromatic heterocycles. The molecule has 1 fully saturated rings. The quantitative estimate of drug-likeness (QED) is 0.205. The largest absolute Gasteiger partial charge is 0.477 e. The van der Waals surface area contributed by atoms with E-state index in [1.165, 1.54) is 0 Å². The van der Waals surface area contributed by atoms with E-state index in [1.807, 2.05) is 19.1 Å². The van der Waals surface area contributed by atoms with Gasteiger partial charge in [-0.05, 0) is 62.6 Å². The summed E-state index contributed by atoms with van der Waals surface area (Å²) in [6, 6.07) is 1.31. The summed E-state index contributed by atoms with van der Waals surface area (Å²) >= 11 is 1.14. The van der Waals surface area contributed by atoms with Crippen molar-refractivity contribution in [3.8, 4) is 0 Å². The Morgan fingerprint density at radius 2 is 2.06 bits per heavy atom. The Hall–Kier alpha value is -2.83. The van der Waals surface area contributed by atoms with Gasteiger partial charge in [-0.1, -0.05) is 42.9 Å². The number of allylic oxidation sites excluding steroid dienone is 5. The predicted octanol–water partition coefficient (Wildman–Crippen LogP) is 6.45. The van der Waals surface area contributed by atoms with E-state index < -0.39 is 12.0 Å². The second kappa shape index (κ2) is 11.5. The third kappa shape index (κ3) is 6.32. The van der Waals surface area contributed by atoms with Crippen LogP contribution in [-0.4, -0.2) is 29.6 Å². The Morgan fingerprint density at radius 1 is 1.39 bits per heavy atom. The number of rotatable bonds is 9. The van der Waals surface area contributed by atoms with Crippen molar-refractivity contribution in [1.29, 1.82) is 0 Å². The molecular weight excluding hydrogens is 412 g/mol. The number of aromatic carboxylic acids is 1. The lowest BCUT2D eigenvalue weighted by molar-refractivity contribution is -0.123. The molecule has 1 unspecified atom stereocenters. The Balaban J connectivity index is 2.50. The van der Waals surface area contributed by atoms with Gasteiger partial charge in [0, 0.05) is 28.3 Å². The summed E-state index contributed by atoms with van der Waals surface area (Å²) in [6.45, 7) is 9.58. The van der Waals surface area contributed by atoms with Crippen LogP contribution in [0.25, 0.3) is 16.0 Å². The number of carbonyl (C=O) groups excluding carboxylic acids is 1. The molecule has 0 bridgehead atoms. The molecule has 8 heteroatoms. The number of carboxylic acids is 1. The van der Waals surface area contributed by atoms with Crippen molar-refractivity contribution >= 4 is 34.5 Å². The van der Waals surface area contributed by atoms with Gasteiger partial charge < -0.3 is 10.0 Å². The summed E-state index contributed by atoms with van der Waals surface area (Å²) in [5.74, 6) is -0.724. The molecule has 0 spiro atoms. The van der Waals surface area contributed by atoms with Crippen LogP contribution in [0.4, 0.5) is 5.69 Å². The normalized spacial score (nSPS) is 20.2. The van der Waals surface area contributed by atoms with Crippen LogP contribution >= 0.6 is 11.3 Å². The lowest BCUT2D eigenvalue weighted by atomic mass is 9.82. The van der Waals surface area contributed by atoms with Gasteiger partial charge in [0.05, 0.1) is 5.69 Å². The van der Waals surface area contributed by atoms with Crippen molar-refractivity contribution in [2.45, 2.75) is 52.5 Å². The van der Waals surface area contributed by atoms with E-state index >= 15 is 0 Å². The van der Waals surface area contributed by atoms with E-state index in [1.54, 1.807) is 30.0 Å². The molecular formula is C23H30N4O3S. The fourth-order valence-corrected chi connectivity index (χ4v) is 4.75. The molecule has 1 atom stereocenters. The first-order valence-electron chi connectivity index (χ1n) is 10.5. The molecule has 1 N–H and O–H groups in total. The third-order valence-electron chi connectivity index (χ3n) is 5.60. The number of anilines is 1. The van der Waals surface area contributed by atoms with Gasteiger partial charge in [0.2, 0.25) is 5.91 Å². The van der Waals surface area contributed by atoms with Gasteiger partial charge in [0.1, 0.15) is 4.88 Å². The summed E-state index contributed by atoms with van der Waals surface area (Å²) in [6.07, 6.45) is 10.7. The highest BCUT2D eigenvalue weighted by atomic mass is 32.1. The summed E-state index contributed by atoms with van der Waals surface area (Å²) in [4.78, 5) is 30.8. The first kappa shape index (κ1) is 24.4. The SMILES string of the molecule is C=CC=CC=C(C)c1cc(N(C(=O)C2CCC(C)CC2)C(C)CN=[N+]=[N-])c(C(=O)O)s1. The molecule has 1 amide bonds. The number of thiophene rings is 1. The second-order valence-electron chi connectivity index (χ2n) is 8.03. The minimum Gasteiger partial charge on any atom is -0.477 e. The number of carboxylic acid groups (broad SMARTS) is 1. The molecule has 166 valence electrons. The molecule has 1 aliphatic carbocycles. The van der Waals surface area contributed by atoms with E-state index in [0.29, 0.717) is 11.6 Å². The maximum Gasteiger partial charge on any atom is 0.348 e. The Kier molecular flexibility index (Phi) is 9.09. The van der Waals surface area contributed by atoms with E-state index in [9.17, 15) is 14.7 Å². The van der Waals surface area contributed by atoms with Crippen LogP contribution in [0.5, 0.6) is 0 Å². The Bertz CT molecular complexity index is 919. The second-order valence-corrected chi connectivity index (χ2v) is 9.08. The molecule has 0 radical (unpaired) electrons. The Labute approximate surface area is 187 Å². The fourth-order valence-electron chi connectivity index (χ4n) is 3.78. The zero-order valence-electron chi connectivity index (χ0n) is 18.3. The lowest BCUT2D eigenvalue weighted by Crippen LogP contribution is -2.45. The first-order valence-corrected chi connectivity index (χ1v) is 11.3. The smallest absolute Gasteiger partial charge is 0.348 e. The summed E-state index contributed by atoms with van der Waals surface area (Å²) in [7, 11) is 0. The molecule has 31 heavy (non-hydrogen) atoms. The van der Waals surface area contributed by atoms with Gasteiger partial charge in [-0.15, -0.1) is 11.3 Å². The topological polar surface area (TPSA) is 106 Å². The van der Waals surface area contributed by atoms with E-state index in [0.717, 1.165) is 47.5 Å². The molecule has 0 saturated heterocycles. The average molecular weight is 443 g/mol. The number of nitrogens with zero attached hydrogens (tertiary/aromatic N) is 4. The van der Waals surface area contributed by atoms with Crippen LogP contribution < -0.4 is 4.90 Å². The number of azide groups is 1. The van der Waals surface area contributed by atoms with Crippen molar-refractivity contribution in [1.82, 2.24) is 0 Å².